The van der Waals surface area contributed by atoms with Crippen LogP contribution in [0.4, 0.5) is 5.69 Å². The minimum atomic E-state index is -0.464. The van der Waals surface area contributed by atoms with Crippen LogP contribution in [0.15, 0.2) is 47.6 Å². The lowest BCUT2D eigenvalue weighted by Crippen LogP contribution is -2.32. The Labute approximate surface area is 176 Å². The smallest absolute Gasteiger partial charge is 0.245 e. The summed E-state index contributed by atoms with van der Waals surface area (Å²) in [6, 6.07) is 13.4. The van der Waals surface area contributed by atoms with Gasteiger partial charge in [-0.25, -0.2) is 5.43 Å². The fourth-order valence-corrected chi connectivity index (χ4v) is 4.69. The van der Waals surface area contributed by atoms with E-state index in [9.17, 15) is 9.59 Å². The molecule has 9 heteroatoms. The molecule has 1 fully saturated rings. The van der Waals surface area contributed by atoms with Crippen LogP contribution >= 0.6 is 11.3 Å². The third-order valence-corrected chi connectivity index (χ3v) is 6.42. The predicted octanol–water partition coefficient (Wildman–Crippen LogP) is 2.00. The molecule has 1 saturated heterocycles. The number of hydrogen-bond acceptors (Lipinski definition) is 6. The van der Waals surface area contributed by atoms with Gasteiger partial charge in [-0.3, -0.25) is 9.59 Å². The van der Waals surface area contributed by atoms with Crippen molar-refractivity contribution in [2.45, 2.75) is 6.42 Å². The quantitative estimate of drug-likeness (QED) is 0.652. The molecule has 0 radical (unpaired) electrons. The highest BCUT2D eigenvalue weighted by Gasteiger charge is 2.35. The number of thiazole rings is 1. The van der Waals surface area contributed by atoms with Gasteiger partial charge in [-0.05, 0) is 24.3 Å². The van der Waals surface area contributed by atoms with Crippen molar-refractivity contribution in [3.63, 3.8) is 0 Å². The number of rotatable bonds is 3. The number of nitrogens with one attached hydrogen (secondary N) is 1. The number of aryl methyl sites for hydroxylation is 1. The first-order valence-corrected chi connectivity index (χ1v) is 10.5. The lowest BCUT2D eigenvalue weighted by atomic mass is 10.1. The maximum absolute atomic E-state index is 12.7. The highest BCUT2D eigenvalue weighted by molar-refractivity contribution is 7.16. The van der Waals surface area contributed by atoms with Crippen LogP contribution in [0, 0.1) is 5.92 Å². The van der Waals surface area contributed by atoms with Gasteiger partial charge in [-0.2, -0.15) is 0 Å². The zero-order valence-corrected chi connectivity index (χ0v) is 17.1. The van der Waals surface area contributed by atoms with Crippen molar-refractivity contribution < 1.29 is 19.1 Å². The van der Waals surface area contributed by atoms with Gasteiger partial charge in [0, 0.05) is 31.8 Å². The van der Waals surface area contributed by atoms with Crippen LogP contribution in [-0.4, -0.2) is 36.1 Å². The van der Waals surface area contributed by atoms with Gasteiger partial charge < -0.3 is 18.9 Å². The normalized spacial score (nSPS) is 18.8. The molecule has 2 aromatic carbocycles. The molecule has 2 aliphatic rings. The number of hydrogen-bond donors (Lipinski definition) is 1. The van der Waals surface area contributed by atoms with Gasteiger partial charge in [0.05, 0.1) is 16.1 Å². The summed E-state index contributed by atoms with van der Waals surface area (Å²) in [4.78, 5) is 27.5. The van der Waals surface area contributed by atoms with E-state index in [-0.39, 0.29) is 18.2 Å². The van der Waals surface area contributed by atoms with Gasteiger partial charge in [0.25, 0.3) is 0 Å². The third kappa shape index (κ3) is 3.30. The number of carbonyl (C=O) groups is 2. The number of nitrogens with zero attached hydrogens (tertiary/aromatic N) is 3. The molecule has 1 N–H and O–H groups in total. The highest BCUT2D eigenvalue weighted by atomic mass is 32.1. The molecular formula is C21H20N4O4S. The first-order valence-electron chi connectivity index (χ1n) is 9.68. The second kappa shape index (κ2) is 7.49. The van der Waals surface area contributed by atoms with Crippen LogP contribution in [0.3, 0.4) is 0 Å². The van der Waals surface area contributed by atoms with E-state index in [1.54, 1.807) is 17.0 Å². The summed E-state index contributed by atoms with van der Waals surface area (Å²) in [5.74, 6) is 0.460. The highest BCUT2D eigenvalue weighted by Crippen LogP contribution is 2.36. The number of benzene rings is 2. The van der Waals surface area contributed by atoms with Gasteiger partial charge in [0.15, 0.2) is 11.5 Å². The summed E-state index contributed by atoms with van der Waals surface area (Å²) in [5.41, 5.74) is 4.39. The molecule has 8 nitrogen and oxygen atoms in total. The number of carbonyl (C=O) groups excluding carboxylic acids is 2. The minimum absolute atomic E-state index is 0.0979. The summed E-state index contributed by atoms with van der Waals surface area (Å²) in [6.45, 7) is 1.29. The van der Waals surface area contributed by atoms with Crippen LogP contribution in [0.2, 0.25) is 0 Å². The number of ether oxygens (including phenoxy) is 2. The average Bonchev–Trinajstić information content (AvgIpc) is 3.32. The zero-order valence-electron chi connectivity index (χ0n) is 16.3. The zero-order chi connectivity index (χ0) is 20.7. The van der Waals surface area contributed by atoms with E-state index in [0.717, 1.165) is 10.2 Å². The number of anilines is 1. The second-order valence-corrected chi connectivity index (χ2v) is 8.24. The molecule has 2 aliphatic heterocycles. The third-order valence-electron chi connectivity index (χ3n) is 5.31. The Balaban J connectivity index is 1.31. The standard InChI is InChI=1S/C21H20N4O4S/c1-24-15-4-2-3-5-18(15)30-21(24)23-22-20(27)13-10-19(26)25(12-13)14-6-7-16-17(11-14)29-9-8-28-16/h2-7,11,13H,8-10,12H2,1H3,(H,22,27)/b23-21+/t13-/m1/s1. The summed E-state index contributed by atoms with van der Waals surface area (Å²) < 4.78 is 14.1. The Kier molecular flexibility index (Phi) is 4.66. The predicted molar refractivity (Wildman–Crippen MR) is 112 cm³/mol. The molecule has 5 rings (SSSR count). The molecule has 1 aromatic heterocycles. The largest absolute Gasteiger partial charge is 0.486 e. The van der Waals surface area contributed by atoms with Crippen molar-refractivity contribution in [2.24, 2.45) is 18.1 Å². The average molecular weight is 424 g/mol. The molecule has 3 aromatic rings. The molecule has 154 valence electrons. The van der Waals surface area contributed by atoms with Crippen molar-refractivity contribution in [3.05, 3.63) is 47.3 Å². The van der Waals surface area contributed by atoms with Crippen LogP contribution in [0.1, 0.15) is 6.42 Å². The van der Waals surface area contributed by atoms with Crippen LogP contribution in [0.25, 0.3) is 10.2 Å². The minimum Gasteiger partial charge on any atom is -0.486 e. The Morgan fingerprint density at radius 1 is 1.17 bits per heavy atom. The number of para-hydroxylation sites is 1. The topological polar surface area (TPSA) is 85.2 Å². The van der Waals surface area contributed by atoms with Crippen LogP contribution in [-0.2, 0) is 16.6 Å². The summed E-state index contributed by atoms with van der Waals surface area (Å²) in [5, 5.41) is 4.28. The molecule has 1 atom stereocenters. The summed E-state index contributed by atoms with van der Waals surface area (Å²) >= 11 is 1.50. The number of aromatic nitrogens is 1. The lowest BCUT2D eigenvalue weighted by molar-refractivity contribution is -0.126. The van der Waals surface area contributed by atoms with E-state index in [4.69, 9.17) is 9.47 Å². The fourth-order valence-electron chi connectivity index (χ4n) is 3.72. The SMILES string of the molecule is Cn1/c(=N\NC(=O)[C@@H]2CC(=O)N(c3ccc4c(c3)OCCO4)C2)sc2ccccc21. The van der Waals surface area contributed by atoms with Gasteiger partial charge in [0.2, 0.25) is 16.6 Å². The maximum Gasteiger partial charge on any atom is 0.245 e. The van der Waals surface area contributed by atoms with E-state index in [1.807, 2.05) is 41.9 Å². The van der Waals surface area contributed by atoms with Crippen molar-refractivity contribution in [2.75, 3.05) is 24.7 Å². The van der Waals surface area contributed by atoms with E-state index < -0.39 is 5.92 Å². The Hall–Kier alpha value is -3.33. The number of fused-ring (bicyclic) bond motifs is 2. The monoisotopic (exact) mass is 424 g/mol. The molecule has 30 heavy (non-hydrogen) atoms. The van der Waals surface area contributed by atoms with E-state index >= 15 is 0 Å². The van der Waals surface area contributed by atoms with Gasteiger partial charge in [-0.15, -0.1) is 5.10 Å². The molecule has 0 bridgehead atoms. The number of amides is 2. The van der Waals surface area contributed by atoms with E-state index in [1.165, 1.54) is 11.3 Å². The summed E-state index contributed by atoms with van der Waals surface area (Å²) in [7, 11) is 1.91. The molecule has 2 amide bonds. The Morgan fingerprint density at radius 3 is 2.80 bits per heavy atom. The molecule has 0 spiro atoms. The van der Waals surface area contributed by atoms with Crippen molar-refractivity contribution in [3.8, 4) is 11.5 Å². The first-order chi connectivity index (χ1) is 14.6. The van der Waals surface area contributed by atoms with Gasteiger partial charge in [0.1, 0.15) is 13.2 Å². The van der Waals surface area contributed by atoms with Gasteiger partial charge in [-0.1, -0.05) is 23.5 Å². The van der Waals surface area contributed by atoms with Crippen LogP contribution in [0.5, 0.6) is 11.5 Å². The molecule has 0 aliphatic carbocycles. The maximum atomic E-state index is 12.7. The first kappa shape index (κ1) is 18.7. The molecular weight excluding hydrogens is 404 g/mol. The van der Waals surface area contributed by atoms with Crippen LogP contribution < -0.4 is 24.6 Å². The van der Waals surface area contributed by atoms with Crippen molar-refractivity contribution in [1.29, 1.82) is 0 Å². The van der Waals surface area contributed by atoms with E-state index in [0.29, 0.717) is 41.7 Å². The fraction of sp³-hybridized carbons (Fsp3) is 0.286. The Bertz CT molecular complexity index is 1220. The van der Waals surface area contributed by atoms with Crippen molar-refractivity contribution in [1.82, 2.24) is 9.99 Å². The van der Waals surface area contributed by atoms with E-state index in [2.05, 4.69) is 10.5 Å². The van der Waals surface area contributed by atoms with Gasteiger partial charge >= 0.3 is 0 Å². The molecule has 3 heterocycles. The Morgan fingerprint density at radius 2 is 1.97 bits per heavy atom. The molecule has 0 unspecified atom stereocenters. The second-order valence-electron chi connectivity index (χ2n) is 7.23. The van der Waals surface area contributed by atoms with Crippen molar-refractivity contribution >= 4 is 39.1 Å². The lowest BCUT2D eigenvalue weighted by Gasteiger charge is -2.22. The summed E-state index contributed by atoms with van der Waals surface area (Å²) in [6.07, 6.45) is 0.147. The molecule has 0 saturated carbocycles.